The Morgan fingerprint density at radius 1 is 1.19 bits per heavy atom. The topological polar surface area (TPSA) is 39.1 Å². The molecule has 1 heterocycles. The van der Waals surface area contributed by atoms with E-state index in [1.54, 1.807) is 7.11 Å². The molecular weight excluding hydrogens is 262 g/mol. The summed E-state index contributed by atoms with van der Waals surface area (Å²) in [7, 11) is 1.74. The van der Waals surface area contributed by atoms with Crippen LogP contribution in [0.2, 0.25) is 0 Å². The minimum atomic E-state index is 0.368. The molecule has 1 atom stereocenters. The van der Waals surface area contributed by atoms with Crippen LogP contribution in [-0.4, -0.2) is 29.5 Å². The van der Waals surface area contributed by atoms with Crippen LogP contribution in [-0.2, 0) is 17.8 Å². The largest absolute Gasteiger partial charge is 0.383 e. The number of nitrogens with zero attached hydrogens (tertiary/aromatic N) is 2. The monoisotopic (exact) mass is 287 g/mol. The highest BCUT2D eigenvalue weighted by molar-refractivity contribution is 5.15. The van der Waals surface area contributed by atoms with Gasteiger partial charge < -0.3 is 10.1 Å². The van der Waals surface area contributed by atoms with Crippen molar-refractivity contribution < 1.29 is 4.74 Å². The molecule has 0 bridgehead atoms. The SMILES string of the molecule is COCC(NCc1cnn(Cc2ccccc2)c1)C(C)C. The van der Waals surface area contributed by atoms with Gasteiger partial charge in [-0.25, -0.2) is 0 Å². The summed E-state index contributed by atoms with van der Waals surface area (Å²) >= 11 is 0. The van der Waals surface area contributed by atoms with E-state index in [2.05, 4.69) is 54.7 Å². The predicted molar refractivity (Wildman–Crippen MR) is 85.1 cm³/mol. The number of hydrogen-bond donors (Lipinski definition) is 1. The van der Waals surface area contributed by atoms with E-state index in [0.717, 1.165) is 19.7 Å². The Morgan fingerprint density at radius 2 is 1.95 bits per heavy atom. The van der Waals surface area contributed by atoms with Gasteiger partial charge in [0.05, 0.1) is 19.3 Å². The van der Waals surface area contributed by atoms with E-state index >= 15 is 0 Å². The molecule has 0 spiro atoms. The molecule has 4 heteroatoms. The molecule has 2 rings (SSSR count). The van der Waals surface area contributed by atoms with E-state index in [4.69, 9.17) is 4.74 Å². The third-order valence-electron chi connectivity index (χ3n) is 3.59. The van der Waals surface area contributed by atoms with E-state index < -0.39 is 0 Å². The van der Waals surface area contributed by atoms with Crippen LogP contribution in [0.3, 0.4) is 0 Å². The molecule has 0 aliphatic carbocycles. The average Bonchev–Trinajstić information content (AvgIpc) is 2.92. The molecule has 0 aliphatic heterocycles. The number of nitrogens with one attached hydrogen (secondary N) is 1. The van der Waals surface area contributed by atoms with Gasteiger partial charge in [-0.2, -0.15) is 5.10 Å². The third kappa shape index (κ3) is 4.99. The standard InChI is InChI=1S/C17H25N3O/c1-14(2)17(13-21-3)18-9-16-10-19-20(12-16)11-15-7-5-4-6-8-15/h4-8,10,12,14,17-18H,9,11,13H2,1-3H3. The van der Waals surface area contributed by atoms with Gasteiger partial charge in [0.2, 0.25) is 0 Å². The zero-order valence-corrected chi connectivity index (χ0v) is 13.1. The summed E-state index contributed by atoms with van der Waals surface area (Å²) in [6.07, 6.45) is 4.03. The van der Waals surface area contributed by atoms with Gasteiger partial charge in [0, 0.05) is 31.5 Å². The summed E-state index contributed by atoms with van der Waals surface area (Å²) in [6.45, 7) is 6.77. The molecule has 4 nitrogen and oxygen atoms in total. The van der Waals surface area contributed by atoms with E-state index in [9.17, 15) is 0 Å². The number of aromatic nitrogens is 2. The summed E-state index contributed by atoms with van der Waals surface area (Å²) in [5, 5.41) is 7.96. The first-order valence-corrected chi connectivity index (χ1v) is 7.46. The second kappa shape index (κ2) is 7.96. The van der Waals surface area contributed by atoms with Crippen LogP contribution in [0.25, 0.3) is 0 Å². The molecule has 2 aromatic rings. The molecule has 0 saturated carbocycles. The first-order valence-electron chi connectivity index (χ1n) is 7.46. The first-order chi connectivity index (χ1) is 10.2. The fraction of sp³-hybridized carbons (Fsp3) is 0.471. The zero-order chi connectivity index (χ0) is 15.1. The maximum atomic E-state index is 5.25. The van der Waals surface area contributed by atoms with Crippen LogP contribution in [0.4, 0.5) is 0 Å². The fourth-order valence-corrected chi connectivity index (χ4v) is 2.27. The normalized spacial score (nSPS) is 12.8. The number of hydrogen-bond acceptors (Lipinski definition) is 3. The lowest BCUT2D eigenvalue weighted by molar-refractivity contribution is 0.146. The Hall–Kier alpha value is -1.65. The minimum Gasteiger partial charge on any atom is -0.383 e. The lowest BCUT2D eigenvalue weighted by Crippen LogP contribution is -2.37. The molecule has 0 saturated heterocycles. The Bertz CT molecular complexity index is 522. The molecule has 1 aromatic heterocycles. The van der Waals surface area contributed by atoms with Crippen molar-refractivity contribution in [3.8, 4) is 0 Å². The Balaban J connectivity index is 1.88. The molecular formula is C17H25N3O. The van der Waals surface area contributed by atoms with Crippen molar-refractivity contribution in [2.24, 2.45) is 5.92 Å². The van der Waals surface area contributed by atoms with Crippen molar-refractivity contribution in [1.29, 1.82) is 0 Å². The van der Waals surface area contributed by atoms with E-state index in [1.807, 2.05) is 16.9 Å². The van der Waals surface area contributed by atoms with E-state index in [0.29, 0.717) is 12.0 Å². The number of methoxy groups -OCH3 is 1. The average molecular weight is 287 g/mol. The van der Waals surface area contributed by atoms with Crippen LogP contribution in [0.1, 0.15) is 25.0 Å². The fourth-order valence-electron chi connectivity index (χ4n) is 2.27. The van der Waals surface area contributed by atoms with Crippen molar-refractivity contribution in [2.45, 2.75) is 33.0 Å². The molecule has 1 N–H and O–H groups in total. The van der Waals surface area contributed by atoms with Crippen LogP contribution >= 0.6 is 0 Å². The molecule has 1 aromatic carbocycles. The molecule has 0 amide bonds. The molecule has 0 aliphatic rings. The molecule has 21 heavy (non-hydrogen) atoms. The maximum absolute atomic E-state index is 5.25. The summed E-state index contributed by atoms with van der Waals surface area (Å²) in [5.74, 6) is 0.546. The molecule has 0 fully saturated rings. The van der Waals surface area contributed by atoms with Crippen LogP contribution in [0, 0.1) is 5.92 Å². The predicted octanol–water partition coefficient (Wildman–Crippen LogP) is 2.69. The minimum absolute atomic E-state index is 0.368. The van der Waals surface area contributed by atoms with Gasteiger partial charge in [-0.05, 0) is 11.5 Å². The zero-order valence-electron chi connectivity index (χ0n) is 13.1. The van der Waals surface area contributed by atoms with Gasteiger partial charge in [0.15, 0.2) is 0 Å². The van der Waals surface area contributed by atoms with Crippen molar-refractivity contribution in [1.82, 2.24) is 15.1 Å². The van der Waals surface area contributed by atoms with Gasteiger partial charge in [-0.15, -0.1) is 0 Å². The van der Waals surface area contributed by atoms with Crippen molar-refractivity contribution in [3.05, 3.63) is 53.9 Å². The lowest BCUT2D eigenvalue weighted by atomic mass is 10.1. The highest BCUT2D eigenvalue weighted by atomic mass is 16.5. The number of rotatable bonds is 8. The second-order valence-corrected chi connectivity index (χ2v) is 5.72. The van der Waals surface area contributed by atoms with Crippen molar-refractivity contribution in [2.75, 3.05) is 13.7 Å². The van der Waals surface area contributed by atoms with Crippen LogP contribution in [0.5, 0.6) is 0 Å². The quantitative estimate of drug-likeness (QED) is 0.811. The van der Waals surface area contributed by atoms with E-state index in [-0.39, 0.29) is 0 Å². The van der Waals surface area contributed by atoms with Crippen LogP contribution in [0.15, 0.2) is 42.7 Å². The number of benzene rings is 1. The lowest BCUT2D eigenvalue weighted by Gasteiger charge is -2.21. The molecule has 114 valence electrons. The number of ether oxygens (including phenoxy) is 1. The van der Waals surface area contributed by atoms with Gasteiger partial charge >= 0.3 is 0 Å². The van der Waals surface area contributed by atoms with Gasteiger partial charge in [0.25, 0.3) is 0 Å². The summed E-state index contributed by atoms with van der Waals surface area (Å²) in [6, 6.07) is 10.7. The van der Waals surface area contributed by atoms with E-state index in [1.165, 1.54) is 11.1 Å². The summed E-state index contributed by atoms with van der Waals surface area (Å²) in [4.78, 5) is 0. The van der Waals surface area contributed by atoms with Gasteiger partial charge in [0.1, 0.15) is 0 Å². The van der Waals surface area contributed by atoms with Crippen LogP contribution < -0.4 is 5.32 Å². The Kier molecular flexibility index (Phi) is 5.96. The smallest absolute Gasteiger partial charge is 0.0659 e. The maximum Gasteiger partial charge on any atom is 0.0659 e. The van der Waals surface area contributed by atoms with Crippen molar-refractivity contribution >= 4 is 0 Å². The highest BCUT2D eigenvalue weighted by Crippen LogP contribution is 2.06. The van der Waals surface area contributed by atoms with Gasteiger partial charge in [-0.1, -0.05) is 44.2 Å². The second-order valence-electron chi connectivity index (χ2n) is 5.72. The van der Waals surface area contributed by atoms with Gasteiger partial charge in [-0.3, -0.25) is 4.68 Å². The Morgan fingerprint density at radius 3 is 2.62 bits per heavy atom. The molecule has 0 radical (unpaired) electrons. The highest BCUT2D eigenvalue weighted by Gasteiger charge is 2.12. The summed E-state index contributed by atoms with van der Waals surface area (Å²) < 4.78 is 7.23. The summed E-state index contributed by atoms with van der Waals surface area (Å²) in [5.41, 5.74) is 2.47. The third-order valence-corrected chi connectivity index (χ3v) is 3.59. The Labute approximate surface area is 127 Å². The first kappa shape index (κ1) is 15.7. The van der Waals surface area contributed by atoms with Crippen molar-refractivity contribution in [3.63, 3.8) is 0 Å². The molecule has 1 unspecified atom stereocenters.